The first kappa shape index (κ1) is 18.0. The number of ether oxygens (including phenoxy) is 2. The van der Waals surface area contributed by atoms with Gasteiger partial charge in [-0.05, 0) is 19.1 Å². The maximum atomic E-state index is 12.8. The molecule has 0 aliphatic carbocycles. The molecule has 0 spiro atoms. The number of nitrogens with one attached hydrogen (secondary N) is 1. The van der Waals surface area contributed by atoms with Gasteiger partial charge >= 0.3 is 0 Å². The Morgan fingerprint density at radius 2 is 1.80 bits per heavy atom. The van der Waals surface area contributed by atoms with E-state index in [2.05, 4.69) is 5.32 Å². The average Bonchev–Trinajstić information content (AvgIpc) is 2.62. The first-order valence-corrected chi connectivity index (χ1v) is 9.83. The van der Waals surface area contributed by atoms with Gasteiger partial charge in [0.05, 0.1) is 11.4 Å². The summed E-state index contributed by atoms with van der Waals surface area (Å²) in [6, 6.07) is 4.70. The Balaban J connectivity index is 1.65. The molecular weight excluding hydrogens is 346 g/mol. The highest BCUT2D eigenvalue weighted by molar-refractivity contribution is 7.89. The lowest BCUT2D eigenvalue weighted by Crippen LogP contribution is -2.51. The van der Waals surface area contributed by atoms with Crippen LogP contribution in [0.25, 0.3) is 0 Å². The molecule has 138 valence electrons. The molecule has 25 heavy (non-hydrogen) atoms. The number of piperazine rings is 1. The fourth-order valence-electron chi connectivity index (χ4n) is 2.92. The van der Waals surface area contributed by atoms with Gasteiger partial charge in [0.1, 0.15) is 13.2 Å². The van der Waals surface area contributed by atoms with Gasteiger partial charge in [-0.1, -0.05) is 0 Å². The van der Waals surface area contributed by atoms with Crippen molar-refractivity contribution in [2.45, 2.75) is 11.8 Å². The summed E-state index contributed by atoms with van der Waals surface area (Å²) in [6.45, 7) is 5.41. The zero-order chi connectivity index (χ0) is 17.9. The molecule has 1 saturated heterocycles. The topological polar surface area (TPSA) is 88.2 Å². The van der Waals surface area contributed by atoms with E-state index in [1.165, 1.54) is 10.4 Å². The number of fused-ring (bicyclic) bond motifs is 1. The smallest absolute Gasteiger partial charge is 0.243 e. The Morgan fingerprint density at radius 1 is 1.12 bits per heavy atom. The van der Waals surface area contributed by atoms with Crippen molar-refractivity contribution in [3.8, 4) is 11.5 Å². The van der Waals surface area contributed by atoms with Crippen molar-refractivity contribution in [3.63, 3.8) is 0 Å². The molecule has 3 rings (SSSR count). The third-order valence-electron chi connectivity index (χ3n) is 4.22. The van der Waals surface area contributed by atoms with Crippen LogP contribution < -0.4 is 14.8 Å². The van der Waals surface area contributed by atoms with Crippen LogP contribution in [-0.2, 0) is 14.8 Å². The predicted molar refractivity (Wildman–Crippen MR) is 91.3 cm³/mol. The highest BCUT2D eigenvalue weighted by Crippen LogP contribution is 2.33. The standard InChI is InChI=1S/C16H23N3O5S/c1-2-17-16(20)12-18-5-7-19(8-6-18)25(21,22)13-3-4-14-15(11-13)24-10-9-23-14/h3-4,11H,2,5-10,12H2,1H3,(H,17,20). The van der Waals surface area contributed by atoms with E-state index in [0.717, 1.165) is 0 Å². The molecule has 1 aromatic carbocycles. The van der Waals surface area contributed by atoms with Crippen LogP contribution in [0.1, 0.15) is 6.92 Å². The second-order valence-electron chi connectivity index (χ2n) is 5.94. The lowest BCUT2D eigenvalue weighted by atomic mass is 10.3. The van der Waals surface area contributed by atoms with E-state index in [-0.39, 0.29) is 10.8 Å². The van der Waals surface area contributed by atoms with Gasteiger partial charge in [-0.25, -0.2) is 8.42 Å². The number of likely N-dealkylation sites (N-methyl/N-ethyl adjacent to an activating group) is 1. The second kappa shape index (κ2) is 7.59. The van der Waals surface area contributed by atoms with Crippen LogP contribution in [0.2, 0.25) is 0 Å². The molecule has 0 bridgehead atoms. The Labute approximate surface area is 147 Å². The Morgan fingerprint density at radius 3 is 2.48 bits per heavy atom. The third-order valence-corrected chi connectivity index (χ3v) is 6.12. The van der Waals surface area contributed by atoms with Crippen LogP contribution in [0.5, 0.6) is 11.5 Å². The summed E-state index contributed by atoms with van der Waals surface area (Å²) in [5.41, 5.74) is 0. The van der Waals surface area contributed by atoms with Crippen LogP contribution in [0.3, 0.4) is 0 Å². The fourth-order valence-corrected chi connectivity index (χ4v) is 4.36. The first-order chi connectivity index (χ1) is 12.0. The molecule has 1 N–H and O–H groups in total. The van der Waals surface area contributed by atoms with Gasteiger partial charge in [-0.15, -0.1) is 0 Å². The lowest BCUT2D eigenvalue weighted by molar-refractivity contribution is -0.122. The van der Waals surface area contributed by atoms with Crippen molar-refractivity contribution in [2.24, 2.45) is 0 Å². The molecule has 1 fully saturated rings. The van der Waals surface area contributed by atoms with E-state index in [1.54, 1.807) is 12.1 Å². The summed E-state index contributed by atoms with van der Waals surface area (Å²) in [7, 11) is -3.59. The minimum Gasteiger partial charge on any atom is -0.486 e. The molecular formula is C16H23N3O5S. The summed E-state index contributed by atoms with van der Waals surface area (Å²) in [4.78, 5) is 13.8. The molecule has 0 radical (unpaired) electrons. The van der Waals surface area contributed by atoms with Gasteiger partial charge in [0.25, 0.3) is 0 Å². The van der Waals surface area contributed by atoms with Crippen molar-refractivity contribution >= 4 is 15.9 Å². The molecule has 0 atom stereocenters. The Kier molecular flexibility index (Phi) is 5.45. The number of benzene rings is 1. The maximum Gasteiger partial charge on any atom is 0.243 e. The highest BCUT2D eigenvalue weighted by Gasteiger charge is 2.30. The SMILES string of the molecule is CCNC(=O)CN1CCN(S(=O)(=O)c2ccc3c(c2)OCCO3)CC1. The Hall–Kier alpha value is -1.84. The summed E-state index contributed by atoms with van der Waals surface area (Å²) >= 11 is 0. The van der Waals surface area contributed by atoms with Crippen LogP contribution in [0.4, 0.5) is 0 Å². The summed E-state index contributed by atoms with van der Waals surface area (Å²) < 4.78 is 38.0. The molecule has 1 amide bonds. The third kappa shape index (κ3) is 4.05. The quantitative estimate of drug-likeness (QED) is 0.780. The van der Waals surface area contributed by atoms with E-state index in [4.69, 9.17) is 9.47 Å². The van der Waals surface area contributed by atoms with Crippen LogP contribution in [0.15, 0.2) is 23.1 Å². The molecule has 2 heterocycles. The molecule has 1 aromatic rings. The van der Waals surface area contributed by atoms with Crippen molar-refractivity contribution < 1.29 is 22.7 Å². The first-order valence-electron chi connectivity index (χ1n) is 8.39. The molecule has 0 aromatic heterocycles. The number of rotatable bonds is 5. The summed E-state index contributed by atoms with van der Waals surface area (Å²) in [6.07, 6.45) is 0. The predicted octanol–water partition coefficient (Wildman–Crippen LogP) is -0.0998. The number of carbonyl (C=O) groups is 1. The zero-order valence-corrected chi connectivity index (χ0v) is 15.0. The van der Waals surface area contributed by atoms with E-state index < -0.39 is 10.0 Å². The second-order valence-corrected chi connectivity index (χ2v) is 7.88. The van der Waals surface area contributed by atoms with Crippen LogP contribution in [0, 0.1) is 0 Å². The molecule has 9 heteroatoms. The number of amides is 1. The Bertz CT molecular complexity index is 729. The van der Waals surface area contributed by atoms with Gasteiger partial charge in [-0.3, -0.25) is 9.69 Å². The number of carbonyl (C=O) groups excluding carboxylic acids is 1. The summed E-state index contributed by atoms with van der Waals surface area (Å²) in [5, 5.41) is 2.75. The van der Waals surface area contributed by atoms with E-state index in [0.29, 0.717) is 64.0 Å². The van der Waals surface area contributed by atoms with Gasteiger partial charge in [-0.2, -0.15) is 4.31 Å². The van der Waals surface area contributed by atoms with Crippen molar-refractivity contribution in [1.29, 1.82) is 0 Å². The number of nitrogens with zero attached hydrogens (tertiary/aromatic N) is 2. The van der Waals surface area contributed by atoms with Gasteiger partial charge < -0.3 is 14.8 Å². The normalized spacial score (nSPS) is 18.8. The number of hydrogen-bond donors (Lipinski definition) is 1. The minimum atomic E-state index is -3.59. The van der Waals surface area contributed by atoms with E-state index in [9.17, 15) is 13.2 Å². The van der Waals surface area contributed by atoms with E-state index in [1.807, 2.05) is 11.8 Å². The molecule has 0 saturated carbocycles. The van der Waals surface area contributed by atoms with Crippen molar-refractivity contribution in [1.82, 2.24) is 14.5 Å². The lowest BCUT2D eigenvalue weighted by Gasteiger charge is -2.33. The molecule has 0 unspecified atom stereocenters. The fraction of sp³-hybridized carbons (Fsp3) is 0.562. The molecule has 2 aliphatic heterocycles. The van der Waals surface area contributed by atoms with Crippen molar-refractivity contribution in [2.75, 3.05) is 52.5 Å². The maximum absolute atomic E-state index is 12.8. The highest BCUT2D eigenvalue weighted by atomic mass is 32.2. The van der Waals surface area contributed by atoms with Gasteiger partial charge in [0.15, 0.2) is 11.5 Å². The van der Waals surface area contributed by atoms with Gasteiger partial charge in [0.2, 0.25) is 15.9 Å². The van der Waals surface area contributed by atoms with Gasteiger partial charge in [0, 0.05) is 38.8 Å². The molecule has 8 nitrogen and oxygen atoms in total. The number of hydrogen-bond acceptors (Lipinski definition) is 6. The monoisotopic (exact) mass is 369 g/mol. The molecule has 2 aliphatic rings. The van der Waals surface area contributed by atoms with Crippen LogP contribution >= 0.6 is 0 Å². The van der Waals surface area contributed by atoms with Crippen LogP contribution in [-0.4, -0.2) is 76.0 Å². The largest absolute Gasteiger partial charge is 0.486 e. The minimum absolute atomic E-state index is 0.0364. The number of sulfonamides is 1. The summed E-state index contributed by atoms with van der Waals surface area (Å²) in [5.74, 6) is 0.991. The zero-order valence-electron chi connectivity index (χ0n) is 14.2. The van der Waals surface area contributed by atoms with E-state index >= 15 is 0 Å². The van der Waals surface area contributed by atoms with Crippen molar-refractivity contribution in [3.05, 3.63) is 18.2 Å². The average molecular weight is 369 g/mol.